The zero-order valence-corrected chi connectivity index (χ0v) is 21.2. The van der Waals surface area contributed by atoms with Crippen molar-refractivity contribution in [2.24, 2.45) is 17.3 Å². The molecule has 0 radical (unpaired) electrons. The van der Waals surface area contributed by atoms with Gasteiger partial charge in [0.15, 0.2) is 9.84 Å². The Kier molecular flexibility index (Phi) is 9.33. The summed E-state index contributed by atoms with van der Waals surface area (Å²) in [5.74, 6) is -2.92. The molecule has 0 saturated heterocycles. The van der Waals surface area contributed by atoms with Crippen LogP contribution in [0.1, 0.15) is 71.1 Å². The maximum atomic E-state index is 13.5. The van der Waals surface area contributed by atoms with Gasteiger partial charge in [-0.1, -0.05) is 37.5 Å². The van der Waals surface area contributed by atoms with Crippen molar-refractivity contribution in [1.82, 2.24) is 5.32 Å². The van der Waals surface area contributed by atoms with Gasteiger partial charge < -0.3 is 15.2 Å². The van der Waals surface area contributed by atoms with E-state index in [0.29, 0.717) is 25.9 Å². The van der Waals surface area contributed by atoms with Gasteiger partial charge >= 0.3 is 11.9 Å². The predicted octanol–water partition coefficient (Wildman–Crippen LogP) is 3.74. The summed E-state index contributed by atoms with van der Waals surface area (Å²) in [7, 11) is -3.61. The Hall–Kier alpha value is -2.42. The molecule has 1 amide bonds. The first-order chi connectivity index (χ1) is 16.7. The minimum Gasteiger partial charge on any atom is -0.481 e. The van der Waals surface area contributed by atoms with Gasteiger partial charge in [0.2, 0.25) is 5.91 Å². The number of sulfone groups is 1. The molecular weight excluding hydrogens is 470 g/mol. The highest BCUT2D eigenvalue weighted by atomic mass is 32.2. The Balaban J connectivity index is 1.66. The van der Waals surface area contributed by atoms with Crippen LogP contribution in [0.4, 0.5) is 0 Å². The molecule has 194 valence electrons. The molecule has 0 aliphatic heterocycles. The summed E-state index contributed by atoms with van der Waals surface area (Å²) in [6.45, 7) is 2.10. The van der Waals surface area contributed by atoms with Crippen molar-refractivity contribution in [3.63, 3.8) is 0 Å². The van der Waals surface area contributed by atoms with Gasteiger partial charge in [0.25, 0.3) is 0 Å². The molecule has 3 atom stereocenters. The van der Waals surface area contributed by atoms with Gasteiger partial charge in [-0.3, -0.25) is 14.4 Å². The second kappa shape index (κ2) is 12.0. The van der Waals surface area contributed by atoms with Crippen LogP contribution >= 0.6 is 0 Å². The number of amides is 1. The smallest absolute Gasteiger partial charge is 0.308 e. The largest absolute Gasteiger partial charge is 0.481 e. The quantitative estimate of drug-likeness (QED) is 0.437. The molecular formula is C26H37NO7S. The van der Waals surface area contributed by atoms with Crippen LogP contribution in [-0.2, 0) is 29.0 Å². The van der Waals surface area contributed by atoms with Crippen molar-refractivity contribution in [2.45, 2.75) is 82.1 Å². The molecule has 1 aromatic rings. The minimum absolute atomic E-state index is 0.0457. The van der Waals surface area contributed by atoms with Gasteiger partial charge in [0.05, 0.1) is 34.5 Å². The molecule has 1 unspecified atom stereocenters. The van der Waals surface area contributed by atoms with Crippen molar-refractivity contribution in [2.75, 3.05) is 12.4 Å². The van der Waals surface area contributed by atoms with E-state index in [4.69, 9.17) is 4.74 Å². The first-order valence-electron chi connectivity index (χ1n) is 12.6. The summed E-state index contributed by atoms with van der Waals surface area (Å²) in [6.07, 6.45) is 5.76. The third-order valence-corrected chi connectivity index (χ3v) is 9.26. The average Bonchev–Trinajstić information content (AvgIpc) is 3.32. The van der Waals surface area contributed by atoms with Gasteiger partial charge in [-0.25, -0.2) is 8.42 Å². The summed E-state index contributed by atoms with van der Waals surface area (Å²) in [6, 6.07) is 7.86. The second-order valence-corrected chi connectivity index (χ2v) is 12.0. The van der Waals surface area contributed by atoms with Gasteiger partial charge in [-0.05, 0) is 64.0 Å². The number of esters is 1. The van der Waals surface area contributed by atoms with Crippen molar-refractivity contribution < 1.29 is 32.6 Å². The standard InChI is InChI=1S/C26H37NO7S/c1-2-34-24(30)19-9-8-10-21(17-19)27-25(31)26(14-6-7-15-26)18-20(23(28)29)13-16-35(32,33)22-11-4-3-5-12-22/h3-5,11-12,19-21H,2,6-10,13-18H2,1H3,(H,27,31)(H,28,29)/t19-,20?,21+/m0/s1. The first-order valence-corrected chi connectivity index (χ1v) is 14.3. The fourth-order valence-electron chi connectivity index (χ4n) is 5.54. The fourth-order valence-corrected chi connectivity index (χ4v) is 6.94. The third-order valence-electron chi connectivity index (χ3n) is 7.50. The van der Waals surface area contributed by atoms with Gasteiger partial charge in [-0.2, -0.15) is 0 Å². The number of carboxylic acid groups (broad SMARTS) is 1. The van der Waals surface area contributed by atoms with Crippen molar-refractivity contribution in [3.05, 3.63) is 30.3 Å². The Bertz CT molecular complexity index is 986. The molecule has 0 aromatic heterocycles. The lowest BCUT2D eigenvalue weighted by Gasteiger charge is -2.35. The number of carbonyl (C=O) groups excluding carboxylic acids is 2. The summed E-state index contributed by atoms with van der Waals surface area (Å²) in [5.41, 5.74) is -0.823. The number of carbonyl (C=O) groups is 3. The molecule has 8 nitrogen and oxygen atoms in total. The Morgan fingerprint density at radius 3 is 2.43 bits per heavy atom. The Morgan fingerprint density at radius 1 is 1.11 bits per heavy atom. The number of hydrogen-bond donors (Lipinski definition) is 2. The van der Waals surface area contributed by atoms with Crippen molar-refractivity contribution in [3.8, 4) is 0 Å². The number of hydrogen-bond acceptors (Lipinski definition) is 6. The second-order valence-electron chi connectivity index (χ2n) is 9.93. The van der Waals surface area contributed by atoms with Crippen LogP contribution in [0, 0.1) is 17.3 Å². The molecule has 2 N–H and O–H groups in total. The lowest BCUT2D eigenvalue weighted by atomic mass is 9.75. The van der Waals surface area contributed by atoms with E-state index in [9.17, 15) is 27.9 Å². The first kappa shape index (κ1) is 27.2. The average molecular weight is 508 g/mol. The number of aliphatic carboxylic acids is 1. The van der Waals surface area contributed by atoms with Crippen LogP contribution in [0.5, 0.6) is 0 Å². The number of nitrogens with one attached hydrogen (secondary N) is 1. The molecule has 0 bridgehead atoms. The van der Waals surface area contributed by atoms with E-state index in [1.165, 1.54) is 12.1 Å². The molecule has 2 fully saturated rings. The van der Waals surface area contributed by atoms with Crippen LogP contribution in [0.3, 0.4) is 0 Å². The Morgan fingerprint density at radius 2 is 1.80 bits per heavy atom. The number of ether oxygens (including phenoxy) is 1. The molecule has 9 heteroatoms. The van der Waals surface area contributed by atoms with E-state index in [1.54, 1.807) is 25.1 Å². The molecule has 2 aliphatic carbocycles. The van der Waals surface area contributed by atoms with Gasteiger partial charge in [0.1, 0.15) is 0 Å². The highest BCUT2D eigenvalue weighted by Gasteiger charge is 2.45. The zero-order valence-electron chi connectivity index (χ0n) is 20.4. The van der Waals surface area contributed by atoms with Crippen molar-refractivity contribution >= 4 is 27.7 Å². The fraction of sp³-hybridized carbons (Fsp3) is 0.654. The molecule has 2 saturated carbocycles. The van der Waals surface area contributed by atoms with E-state index in [0.717, 1.165) is 32.1 Å². The van der Waals surface area contributed by atoms with Gasteiger partial charge in [0, 0.05) is 6.04 Å². The lowest BCUT2D eigenvalue weighted by Crippen LogP contribution is -2.48. The molecule has 3 rings (SSSR count). The van der Waals surface area contributed by atoms with E-state index in [-0.39, 0.29) is 47.3 Å². The van der Waals surface area contributed by atoms with Crippen LogP contribution in [0.25, 0.3) is 0 Å². The van der Waals surface area contributed by atoms with E-state index in [2.05, 4.69) is 5.32 Å². The van der Waals surface area contributed by atoms with Crippen molar-refractivity contribution in [1.29, 1.82) is 0 Å². The van der Waals surface area contributed by atoms with E-state index < -0.39 is 27.1 Å². The topological polar surface area (TPSA) is 127 Å². The Labute approximate surface area is 207 Å². The maximum Gasteiger partial charge on any atom is 0.308 e. The van der Waals surface area contributed by atoms with Gasteiger partial charge in [-0.15, -0.1) is 0 Å². The molecule has 0 spiro atoms. The number of carboxylic acids is 1. The predicted molar refractivity (Wildman–Crippen MR) is 130 cm³/mol. The third kappa shape index (κ3) is 7.06. The minimum atomic E-state index is -3.61. The molecule has 35 heavy (non-hydrogen) atoms. The summed E-state index contributed by atoms with van der Waals surface area (Å²) in [5, 5.41) is 13.0. The normalized spacial score (nSPS) is 22.8. The highest BCUT2D eigenvalue weighted by Crippen LogP contribution is 2.44. The number of rotatable bonds is 11. The number of benzene rings is 1. The molecule has 1 aromatic carbocycles. The van der Waals surface area contributed by atoms with Crippen LogP contribution in [-0.4, -0.2) is 49.8 Å². The molecule has 2 aliphatic rings. The van der Waals surface area contributed by atoms with E-state index in [1.807, 2.05) is 0 Å². The van der Waals surface area contributed by atoms with Crippen LogP contribution < -0.4 is 5.32 Å². The SMILES string of the molecule is CCOC(=O)[C@H]1CCC[C@@H](NC(=O)C2(CC(CCS(=O)(=O)c3ccccc3)C(=O)O)CCCC2)C1. The van der Waals surface area contributed by atoms with E-state index >= 15 is 0 Å². The van der Waals surface area contributed by atoms with Crippen LogP contribution in [0.15, 0.2) is 35.2 Å². The lowest BCUT2D eigenvalue weighted by molar-refractivity contribution is -0.150. The monoisotopic (exact) mass is 507 g/mol. The maximum absolute atomic E-state index is 13.5. The van der Waals surface area contributed by atoms with Crippen LogP contribution in [0.2, 0.25) is 0 Å². The summed E-state index contributed by atoms with van der Waals surface area (Å²) in [4.78, 5) is 37.9. The summed E-state index contributed by atoms with van der Waals surface area (Å²) >= 11 is 0. The zero-order chi connectivity index (χ0) is 25.5. The molecule has 0 heterocycles. The summed E-state index contributed by atoms with van der Waals surface area (Å²) < 4.78 is 30.5. The highest BCUT2D eigenvalue weighted by molar-refractivity contribution is 7.91.